The third kappa shape index (κ3) is 4.98. The smallest absolute Gasteiger partial charge is 0.227 e. The van der Waals surface area contributed by atoms with Crippen LogP contribution in [-0.2, 0) is 0 Å². The second-order valence-corrected chi connectivity index (χ2v) is 9.80. The first kappa shape index (κ1) is 23.9. The van der Waals surface area contributed by atoms with Gasteiger partial charge in [0.1, 0.15) is 11.6 Å². The molecule has 2 aromatic heterocycles. The van der Waals surface area contributed by atoms with Crippen LogP contribution in [0.2, 0.25) is 9.36 Å². The summed E-state index contributed by atoms with van der Waals surface area (Å²) < 4.78 is 18.3. The zero-order chi connectivity index (χ0) is 23.7. The quantitative estimate of drug-likeness (QED) is 0.532. The van der Waals surface area contributed by atoms with Crippen LogP contribution in [0.15, 0.2) is 24.3 Å². The number of aliphatic hydroxyl groups is 1. The minimum Gasteiger partial charge on any atom is -0.394 e. The lowest BCUT2D eigenvalue weighted by molar-refractivity contribution is 0.269. The molecule has 1 fully saturated rings. The van der Waals surface area contributed by atoms with Crippen molar-refractivity contribution in [3.63, 3.8) is 0 Å². The number of piperazine rings is 1. The molecular weight excluding hydrogens is 488 g/mol. The number of nitrogens with zero attached hydrogens (tertiary/aromatic N) is 7. The fraction of sp³-hybridized carbons (Fsp3) is 0.429. The highest BCUT2D eigenvalue weighted by Crippen LogP contribution is 2.32. The summed E-state index contributed by atoms with van der Waals surface area (Å²) in [5.41, 5.74) is 1.30. The number of anilines is 3. The second-order valence-electron chi connectivity index (χ2n) is 8.04. The minimum absolute atomic E-state index is 0.0297. The van der Waals surface area contributed by atoms with Crippen LogP contribution in [0.4, 0.5) is 22.0 Å². The molecule has 2 unspecified atom stereocenters. The number of hydrogen-bond acceptors (Lipinski definition) is 9. The molecule has 0 spiro atoms. The number of aliphatic hydroxyl groups excluding tert-OH is 1. The van der Waals surface area contributed by atoms with Crippen LogP contribution < -0.4 is 14.7 Å². The Kier molecular flexibility index (Phi) is 7.18. The predicted octanol–water partition coefficient (Wildman–Crippen LogP) is 3.97. The standard InChI is InChI=1S/C21H24Cl2FN7OS/c1-12-10-30(20-19(23)33-28-27-20)6-7-31(12)18-9-17(14-4-5-16(24)15(22)8-14)25-21(26-18)29(3)13(2)11-32/h4-5,8-9,12-13,32H,6-7,10-11H2,1-3H3. The fourth-order valence-electron chi connectivity index (χ4n) is 3.70. The van der Waals surface area contributed by atoms with Crippen molar-refractivity contribution in [1.29, 1.82) is 0 Å². The van der Waals surface area contributed by atoms with E-state index in [2.05, 4.69) is 31.3 Å². The normalized spacial score (nSPS) is 17.4. The van der Waals surface area contributed by atoms with Crippen molar-refractivity contribution in [2.24, 2.45) is 0 Å². The fourth-order valence-corrected chi connectivity index (χ4v) is 4.57. The van der Waals surface area contributed by atoms with Crippen LogP contribution in [-0.4, -0.2) is 70.0 Å². The highest BCUT2D eigenvalue weighted by Gasteiger charge is 2.29. The average Bonchev–Trinajstić information content (AvgIpc) is 3.25. The van der Waals surface area contributed by atoms with E-state index in [1.807, 2.05) is 24.9 Å². The Labute approximate surface area is 205 Å². The number of halogens is 3. The molecule has 0 bridgehead atoms. The summed E-state index contributed by atoms with van der Waals surface area (Å²) in [7, 11) is 1.83. The van der Waals surface area contributed by atoms with Crippen LogP contribution in [0.5, 0.6) is 0 Å². The van der Waals surface area contributed by atoms with Gasteiger partial charge in [0.2, 0.25) is 5.95 Å². The van der Waals surface area contributed by atoms with Gasteiger partial charge in [-0.2, -0.15) is 4.98 Å². The van der Waals surface area contributed by atoms with E-state index in [1.54, 1.807) is 12.1 Å². The first-order chi connectivity index (χ1) is 15.8. The summed E-state index contributed by atoms with van der Waals surface area (Å²) in [6.45, 7) is 6.04. The number of aromatic nitrogens is 4. The molecule has 12 heteroatoms. The Hall–Kier alpha value is -2.27. The van der Waals surface area contributed by atoms with Gasteiger partial charge in [-0.3, -0.25) is 0 Å². The van der Waals surface area contributed by atoms with Gasteiger partial charge in [-0.05, 0) is 32.0 Å². The second kappa shape index (κ2) is 9.92. The SMILES string of the molecule is CC(CO)N(C)c1nc(-c2ccc(F)c(Cl)c2)cc(N2CCN(c3nnsc3Cl)CC2C)n1. The van der Waals surface area contributed by atoms with Crippen molar-refractivity contribution in [2.75, 3.05) is 48.0 Å². The summed E-state index contributed by atoms with van der Waals surface area (Å²) >= 11 is 13.4. The van der Waals surface area contributed by atoms with E-state index < -0.39 is 5.82 Å². The van der Waals surface area contributed by atoms with Gasteiger partial charge in [-0.1, -0.05) is 27.7 Å². The molecule has 0 aliphatic carbocycles. The van der Waals surface area contributed by atoms with Crippen LogP contribution in [0.25, 0.3) is 11.3 Å². The Morgan fingerprint density at radius 1 is 1.27 bits per heavy atom. The molecule has 0 amide bonds. The molecule has 1 aromatic carbocycles. The molecule has 3 aromatic rings. The summed E-state index contributed by atoms with van der Waals surface area (Å²) in [6, 6.07) is 6.33. The van der Waals surface area contributed by atoms with E-state index in [9.17, 15) is 9.50 Å². The maximum Gasteiger partial charge on any atom is 0.227 e. The van der Waals surface area contributed by atoms with Crippen molar-refractivity contribution in [1.82, 2.24) is 19.6 Å². The lowest BCUT2D eigenvalue weighted by Gasteiger charge is -2.41. The Morgan fingerprint density at radius 3 is 2.70 bits per heavy atom. The molecule has 1 aliphatic rings. The molecule has 3 heterocycles. The van der Waals surface area contributed by atoms with E-state index >= 15 is 0 Å². The monoisotopic (exact) mass is 511 g/mol. The van der Waals surface area contributed by atoms with Gasteiger partial charge in [-0.25, -0.2) is 9.37 Å². The molecule has 2 atom stereocenters. The number of hydrogen-bond donors (Lipinski definition) is 1. The molecule has 8 nitrogen and oxygen atoms in total. The van der Waals surface area contributed by atoms with Crippen LogP contribution >= 0.6 is 34.7 Å². The largest absolute Gasteiger partial charge is 0.394 e. The highest BCUT2D eigenvalue weighted by atomic mass is 35.5. The van der Waals surface area contributed by atoms with Crippen LogP contribution in [0, 0.1) is 5.82 Å². The van der Waals surface area contributed by atoms with E-state index in [4.69, 9.17) is 28.2 Å². The van der Waals surface area contributed by atoms with Gasteiger partial charge in [0.05, 0.1) is 23.4 Å². The van der Waals surface area contributed by atoms with Crippen molar-refractivity contribution in [3.8, 4) is 11.3 Å². The van der Waals surface area contributed by atoms with Crippen molar-refractivity contribution in [2.45, 2.75) is 25.9 Å². The van der Waals surface area contributed by atoms with E-state index in [0.717, 1.165) is 5.82 Å². The van der Waals surface area contributed by atoms with Gasteiger partial charge in [0, 0.05) is 55.9 Å². The molecule has 1 aliphatic heterocycles. The minimum atomic E-state index is -0.485. The van der Waals surface area contributed by atoms with Gasteiger partial charge in [0.15, 0.2) is 10.2 Å². The van der Waals surface area contributed by atoms with Crippen molar-refractivity contribution in [3.05, 3.63) is 39.4 Å². The molecule has 33 heavy (non-hydrogen) atoms. The van der Waals surface area contributed by atoms with E-state index in [0.29, 0.717) is 47.0 Å². The molecule has 0 radical (unpaired) electrons. The first-order valence-corrected chi connectivity index (χ1v) is 12.0. The number of benzene rings is 1. The predicted molar refractivity (Wildman–Crippen MR) is 131 cm³/mol. The third-order valence-corrected chi connectivity index (χ3v) is 6.98. The molecule has 0 saturated carbocycles. The number of likely N-dealkylation sites (N-methyl/N-ethyl adjacent to an activating group) is 1. The molecule has 1 N–H and O–H groups in total. The average molecular weight is 512 g/mol. The lowest BCUT2D eigenvalue weighted by atomic mass is 10.1. The molecule has 4 rings (SSSR count). The van der Waals surface area contributed by atoms with Gasteiger partial charge >= 0.3 is 0 Å². The zero-order valence-corrected chi connectivity index (χ0v) is 20.7. The highest BCUT2D eigenvalue weighted by molar-refractivity contribution is 7.11. The molecular formula is C21H24Cl2FN7OS. The van der Waals surface area contributed by atoms with Crippen molar-refractivity contribution >= 4 is 52.3 Å². The Balaban J connectivity index is 1.69. The first-order valence-electron chi connectivity index (χ1n) is 10.5. The lowest BCUT2D eigenvalue weighted by Crippen LogP contribution is -2.52. The van der Waals surface area contributed by atoms with Gasteiger partial charge in [-0.15, -0.1) is 5.10 Å². The summed E-state index contributed by atoms with van der Waals surface area (Å²) in [5, 5.41) is 13.8. The maximum atomic E-state index is 13.7. The Bertz CT molecular complexity index is 1130. The molecule has 176 valence electrons. The van der Waals surface area contributed by atoms with Crippen LogP contribution in [0.1, 0.15) is 13.8 Å². The van der Waals surface area contributed by atoms with E-state index in [1.165, 1.54) is 17.6 Å². The molecule has 1 saturated heterocycles. The van der Waals surface area contributed by atoms with Gasteiger partial charge in [0.25, 0.3) is 0 Å². The number of rotatable bonds is 6. The van der Waals surface area contributed by atoms with Crippen LogP contribution in [0.3, 0.4) is 0 Å². The summed E-state index contributed by atoms with van der Waals surface area (Å²) in [6.07, 6.45) is 0. The summed E-state index contributed by atoms with van der Waals surface area (Å²) in [4.78, 5) is 15.6. The maximum absolute atomic E-state index is 13.7. The summed E-state index contributed by atoms with van der Waals surface area (Å²) in [5.74, 6) is 1.42. The van der Waals surface area contributed by atoms with Crippen molar-refractivity contribution < 1.29 is 9.50 Å². The van der Waals surface area contributed by atoms with Gasteiger partial charge < -0.3 is 19.8 Å². The Morgan fingerprint density at radius 2 is 2.06 bits per heavy atom. The van der Waals surface area contributed by atoms with E-state index in [-0.39, 0.29) is 23.7 Å². The zero-order valence-electron chi connectivity index (χ0n) is 18.4. The third-order valence-electron chi connectivity index (χ3n) is 5.81. The topological polar surface area (TPSA) is 81.5 Å².